The van der Waals surface area contributed by atoms with Crippen LogP contribution in [-0.4, -0.2) is 12.1 Å². The molecule has 2 heteroatoms. The summed E-state index contributed by atoms with van der Waals surface area (Å²) in [5, 5.41) is 0. The van der Waals surface area contributed by atoms with E-state index in [0.717, 1.165) is 12.2 Å². The average molecular weight is 285 g/mol. The van der Waals surface area contributed by atoms with E-state index in [1.807, 2.05) is 0 Å². The van der Waals surface area contributed by atoms with E-state index in [1.165, 1.54) is 48.8 Å². The van der Waals surface area contributed by atoms with Crippen molar-refractivity contribution in [3.05, 3.63) is 34.9 Å². The smallest absolute Gasteiger partial charge is 0.130 e. The van der Waals surface area contributed by atoms with Crippen LogP contribution in [-0.2, 0) is 6.42 Å². The second-order valence-corrected chi connectivity index (χ2v) is 7.13. The van der Waals surface area contributed by atoms with Crippen LogP contribution in [0, 0.1) is 5.92 Å². The Hall–Kier alpha value is -1.28. The summed E-state index contributed by atoms with van der Waals surface area (Å²) in [5.41, 5.74) is 9.90. The van der Waals surface area contributed by atoms with Crippen molar-refractivity contribution in [3.63, 3.8) is 0 Å². The molecule has 0 saturated heterocycles. The molecule has 1 aromatic rings. The third-order valence-electron chi connectivity index (χ3n) is 4.83. The number of nitrogens with two attached hydrogens (primary N) is 1. The molecule has 2 nitrogen and oxygen atoms in total. The molecule has 21 heavy (non-hydrogen) atoms. The largest absolute Gasteiger partial charge is 0.487 e. The van der Waals surface area contributed by atoms with Gasteiger partial charge in [-0.1, -0.05) is 49.1 Å². The van der Waals surface area contributed by atoms with Gasteiger partial charge in [0.2, 0.25) is 0 Å². The maximum Gasteiger partial charge on any atom is 0.130 e. The first kappa shape index (κ1) is 14.6. The molecule has 3 rings (SSSR count). The van der Waals surface area contributed by atoms with Gasteiger partial charge in [-0.15, -0.1) is 0 Å². The first-order valence-corrected chi connectivity index (χ1v) is 8.30. The Morgan fingerprint density at radius 3 is 2.76 bits per heavy atom. The van der Waals surface area contributed by atoms with Crippen LogP contribution >= 0.6 is 0 Å². The van der Waals surface area contributed by atoms with Crippen LogP contribution < -0.4 is 10.5 Å². The van der Waals surface area contributed by atoms with Crippen LogP contribution in [0.15, 0.2) is 23.8 Å². The highest BCUT2D eigenvalue weighted by molar-refractivity contribution is 5.64. The Labute approximate surface area is 128 Å². The zero-order chi connectivity index (χ0) is 14.9. The molecule has 1 heterocycles. The molecule has 1 aliphatic carbocycles. The molecule has 0 amide bonds. The summed E-state index contributed by atoms with van der Waals surface area (Å²) < 4.78 is 6.17. The maximum atomic E-state index is 6.17. The fourth-order valence-electron chi connectivity index (χ4n) is 3.77. The number of benzene rings is 1. The monoisotopic (exact) mass is 285 g/mol. The van der Waals surface area contributed by atoms with Gasteiger partial charge in [0.05, 0.1) is 0 Å². The van der Waals surface area contributed by atoms with Gasteiger partial charge in [-0.3, -0.25) is 0 Å². The first-order chi connectivity index (χ1) is 10.1. The zero-order valence-corrected chi connectivity index (χ0v) is 13.3. The normalized spacial score (nSPS) is 22.0. The maximum absolute atomic E-state index is 6.17. The first-order valence-electron chi connectivity index (χ1n) is 8.30. The fourth-order valence-corrected chi connectivity index (χ4v) is 3.77. The molecule has 0 unspecified atom stereocenters. The van der Waals surface area contributed by atoms with Gasteiger partial charge in [-0.25, -0.2) is 0 Å². The Kier molecular flexibility index (Phi) is 4.08. The van der Waals surface area contributed by atoms with Crippen molar-refractivity contribution in [1.29, 1.82) is 0 Å². The van der Waals surface area contributed by atoms with Gasteiger partial charge in [0.15, 0.2) is 0 Å². The lowest BCUT2D eigenvalue weighted by atomic mass is 9.83. The minimum atomic E-state index is -0.0833. The average Bonchev–Trinajstić information content (AvgIpc) is 2.80. The molecule has 0 aromatic heterocycles. The predicted molar refractivity (Wildman–Crippen MR) is 88.5 cm³/mol. The molecule has 0 bridgehead atoms. The van der Waals surface area contributed by atoms with Crippen molar-refractivity contribution in [2.45, 2.75) is 58.0 Å². The Balaban J connectivity index is 1.90. The second-order valence-electron chi connectivity index (χ2n) is 7.13. The predicted octanol–water partition coefficient (Wildman–Crippen LogP) is 4.32. The van der Waals surface area contributed by atoms with Gasteiger partial charge in [0, 0.05) is 18.5 Å². The molecule has 2 N–H and O–H groups in total. The lowest BCUT2D eigenvalue weighted by Gasteiger charge is -2.24. The van der Waals surface area contributed by atoms with Crippen molar-refractivity contribution in [2.24, 2.45) is 11.7 Å². The summed E-state index contributed by atoms with van der Waals surface area (Å²) in [6.45, 7) is 4.98. The summed E-state index contributed by atoms with van der Waals surface area (Å²) in [7, 11) is 0. The molecular formula is C19H27NO. The summed E-state index contributed by atoms with van der Waals surface area (Å²) in [5.74, 6) is 1.75. The molecular weight excluding hydrogens is 258 g/mol. The molecule has 0 atom stereocenters. The number of ether oxygens (including phenoxy) is 1. The van der Waals surface area contributed by atoms with Crippen molar-refractivity contribution in [1.82, 2.24) is 0 Å². The van der Waals surface area contributed by atoms with Crippen LogP contribution in [0.5, 0.6) is 5.75 Å². The van der Waals surface area contributed by atoms with Crippen LogP contribution in [0.25, 0.3) is 6.08 Å². The zero-order valence-electron chi connectivity index (χ0n) is 13.3. The number of hydrogen-bond acceptors (Lipinski definition) is 2. The van der Waals surface area contributed by atoms with Crippen LogP contribution in [0.1, 0.15) is 57.1 Å². The van der Waals surface area contributed by atoms with Crippen molar-refractivity contribution in [2.75, 3.05) is 6.54 Å². The van der Waals surface area contributed by atoms with Gasteiger partial charge in [0.25, 0.3) is 0 Å². The highest BCUT2D eigenvalue weighted by Crippen LogP contribution is 2.39. The van der Waals surface area contributed by atoms with Gasteiger partial charge >= 0.3 is 0 Å². The van der Waals surface area contributed by atoms with E-state index in [0.29, 0.717) is 12.5 Å². The van der Waals surface area contributed by atoms with E-state index < -0.39 is 0 Å². The third-order valence-corrected chi connectivity index (χ3v) is 4.83. The Morgan fingerprint density at radius 2 is 2.05 bits per heavy atom. The van der Waals surface area contributed by atoms with E-state index in [4.69, 9.17) is 10.5 Å². The fraction of sp³-hybridized carbons (Fsp3) is 0.579. The van der Waals surface area contributed by atoms with Crippen LogP contribution in [0.4, 0.5) is 0 Å². The number of hydrogen-bond donors (Lipinski definition) is 1. The summed E-state index contributed by atoms with van der Waals surface area (Å²) in [6, 6.07) is 6.49. The third kappa shape index (κ3) is 3.16. The minimum absolute atomic E-state index is 0.0833. The van der Waals surface area contributed by atoms with Gasteiger partial charge in [-0.2, -0.15) is 0 Å². The topological polar surface area (TPSA) is 35.2 Å². The number of rotatable bonds is 3. The lowest BCUT2D eigenvalue weighted by Crippen LogP contribution is -2.24. The Morgan fingerprint density at radius 1 is 1.29 bits per heavy atom. The van der Waals surface area contributed by atoms with E-state index in [9.17, 15) is 0 Å². The summed E-state index contributed by atoms with van der Waals surface area (Å²) in [4.78, 5) is 0. The van der Waals surface area contributed by atoms with Crippen LogP contribution in [0.2, 0.25) is 0 Å². The van der Waals surface area contributed by atoms with E-state index in [2.05, 4.69) is 38.1 Å². The van der Waals surface area contributed by atoms with Gasteiger partial charge < -0.3 is 10.5 Å². The second kappa shape index (κ2) is 5.84. The molecule has 0 spiro atoms. The molecule has 114 valence electrons. The number of fused-ring (bicyclic) bond motifs is 1. The summed E-state index contributed by atoms with van der Waals surface area (Å²) in [6.07, 6.45) is 9.96. The summed E-state index contributed by atoms with van der Waals surface area (Å²) >= 11 is 0. The van der Waals surface area contributed by atoms with Crippen LogP contribution in [0.3, 0.4) is 0 Å². The van der Waals surface area contributed by atoms with Crippen molar-refractivity contribution in [3.8, 4) is 5.75 Å². The molecule has 1 fully saturated rings. The molecule has 0 radical (unpaired) electrons. The van der Waals surface area contributed by atoms with Gasteiger partial charge in [-0.05, 0) is 38.2 Å². The van der Waals surface area contributed by atoms with E-state index in [1.54, 1.807) is 0 Å². The number of para-hydroxylation sites is 1. The molecule has 1 saturated carbocycles. The highest BCUT2D eigenvalue weighted by atomic mass is 16.5. The van der Waals surface area contributed by atoms with Crippen molar-refractivity contribution >= 4 is 6.08 Å². The molecule has 1 aliphatic heterocycles. The van der Waals surface area contributed by atoms with E-state index >= 15 is 0 Å². The standard InChI is InChI=1S/C19H27NO/c1-19(2)12-16-10-6-9-15(18(16)21-19)11-17(13-20)14-7-4-3-5-8-14/h6,9-11,14H,3-5,7-8,12-13,20H2,1-2H3/b17-11-. The minimum Gasteiger partial charge on any atom is -0.487 e. The molecule has 2 aliphatic rings. The van der Waals surface area contributed by atoms with E-state index in [-0.39, 0.29) is 5.60 Å². The SMILES string of the molecule is CC1(C)Cc2cccc(/C=C(/CN)C3CCCCC3)c2O1. The Bertz CT molecular complexity index is 538. The quantitative estimate of drug-likeness (QED) is 0.897. The van der Waals surface area contributed by atoms with Crippen molar-refractivity contribution < 1.29 is 4.74 Å². The highest BCUT2D eigenvalue weighted by Gasteiger charge is 2.31. The van der Waals surface area contributed by atoms with Gasteiger partial charge in [0.1, 0.15) is 11.4 Å². The molecule has 1 aromatic carbocycles. The lowest BCUT2D eigenvalue weighted by molar-refractivity contribution is 0.138.